The van der Waals surface area contributed by atoms with E-state index in [9.17, 15) is 9.60 Å². The molecule has 0 fully saturated rings. The summed E-state index contributed by atoms with van der Waals surface area (Å²) in [5.74, 6) is 0. The van der Waals surface area contributed by atoms with E-state index < -0.39 is 47.8 Å². The fraction of sp³-hybridized carbons (Fsp3) is 0.181. The van der Waals surface area contributed by atoms with Gasteiger partial charge < -0.3 is 19.3 Å². The number of fused-ring (bicyclic) bond motifs is 6. The lowest BCUT2D eigenvalue weighted by Gasteiger charge is -2.45. The summed E-state index contributed by atoms with van der Waals surface area (Å²) in [4.78, 5) is 6.99. The minimum absolute atomic E-state index is 0.0116. The van der Waals surface area contributed by atoms with Gasteiger partial charge in [0.2, 0.25) is 0 Å². The highest BCUT2D eigenvalue weighted by Crippen LogP contribution is 2.54. The first kappa shape index (κ1) is 47.6. The monoisotopic (exact) mass is 1150 g/mol. The Balaban J connectivity index is 1.27. The number of anilines is 9. The summed E-state index contributed by atoms with van der Waals surface area (Å²) in [5.41, 5.74) is 15.9. The SMILES string of the molecule is [2H]c1c([2H])c([2H])c(-n2c3c(c4c([2H])c(C(C)(C)C)c([2H])c([2H])c42)N(c2ccc(C(C)(C)C)cc2-c2ccccc2)c2cc(N(c4ccccc4)c4ccccc4)cc4c2B3c2ccc(C(C)(C)c3ccccc3)cc2N4c2ccc(C(C)(C)C)cc2-c2ccccc2)c([2H])c1[2H]. The Kier molecular flexibility index (Phi) is 11.6. The number of benzene rings is 11. The van der Waals surface area contributed by atoms with Gasteiger partial charge in [-0.2, -0.15) is 0 Å². The summed E-state index contributed by atoms with van der Waals surface area (Å²) < 4.78 is 81.5. The minimum Gasteiger partial charge on any atom is -0.319 e. The molecule has 0 saturated heterocycles. The first-order valence-electron chi connectivity index (χ1n) is 34.7. The zero-order valence-electron chi connectivity index (χ0n) is 60.2. The van der Waals surface area contributed by atoms with Crippen molar-refractivity contribution < 1.29 is 11.0 Å². The van der Waals surface area contributed by atoms with Crippen LogP contribution in [-0.4, -0.2) is 11.3 Å². The highest BCUT2D eigenvalue weighted by molar-refractivity contribution is 7.00. The van der Waals surface area contributed by atoms with Crippen molar-refractivity contribution >= 4 is 85.3 Å². The molecule has 0 saturated carbocycles. The molecule has 0 atom stereocenters. The Morgan fingerprint density at radius 3 is 1.39 bits per heavy atom. The molecule has 3 heterocycles. The molecule has 0 N–H and O–H groups in total. The zero-order chi connectivity index (χ0) is 67.8. The number of hydrogen-bond donors (Lipinski definition) is 0. The van der Waals surface area contributed by atoms with Crippen molar-refractivity contribution in [3.8, 4) is 27.9 Å². The van der Waals surface area contributed by atoms with Crippen molar-refractivity contribution in [1.29, 1.82) is 0 Å². The summed E-state index contributed by atoms with van der Waals surface area (Å²) in [7, 11) is 0. The van der Waals surface area contributed by atoms with E-state index in [-0.39, 0.29) is 40.2 Å². The summed E-state index contributed by atoms with van der Waals surface area (Å²) in [5, 5.41) is 0.317. The molecule has 0 spiro atoms. The molecule has 14 rings (SSSR count). The van der Waals surface area contributed by atoms with Gasteiger partial charge in [0.1, 0.15) is 0 Å². The number of nitrogens with zero attached hydrogens (tertiary/aromatic N) is 4. The van der Waals surface area contributed by atoms with Crippen LogP contribution in [0.2, 0.25) is 0 Å². The number of para-hydroxylation sites is 3. The van der Waals surface area contributed by atoms with Crippen molar-refractivity contribution in [3.05, 3.63) is 295 Å². The molecule has 2 aliphatic heterocycles. The largest absolute Gasteiger partial charge is 0.319 e. The maximum atomic E-state index is 10.9. The number of rotatable bonds is 10. The van der Waals surface area contributed by atoms with Crippen molar-refractivity contribution in [2.45, 2.75) is 97.8 Å². The predicted molar refractivity (Wildman–Crippen MR) is 378 cm³/mol. The molecule has 0 aliphatic carbocycles. The van der Waals surface area contributed by atoms with Crippen molar-refractivity contribution in [2.75, 3.05) is 14.7 Å². The third kappa shape index (κ3) is 9.64. The van der Waals surface area contributed by atoms with E-state index in [1.54, 1.807) is 4.57 Å². The fourth-order valence-electron chi connectivity index (χ4n) is 13.2. The van der Waals surface area contributed by atoms with Gasteiger partial charge in [-0.05, 0) is 157 Å². The maximum absolute atomic E-state index is 10.9. The van der Waals surface area contributed by atoms with Gasteiger partial charge in [0, 0.05) is 61.6 Å². The van der Waals surface area contributed by atoms with E-state index in [4.69, 9.17) is 1.37 Å². The van der Waals surface area contributed by atoms with Crippen LogP contribution in [0, 0.1) is 0 Å². The second kappa shape index (κ2) is 21.4. The molecule has 0 unspecified atom stereocenters. The second-order valence-electron chi connectivity index (χ2n) is 27.2. The quantitative estimate of drug-likeness (QED) is 0.127. The Labute approximate surface area is 533 Å². The van der Waals surface area contributed by atoms with Gasteiger partial charge in [-0.25, -0.2) is 0 Å². The van der Waals surface area contributed by atoms with E-state index in [0.717, 1.165) is 101 Å². The normalized spacial score (nSPS) is 14.4. The lowest BCUT2D eigenvalue weighted by Crippen LogP contribution is -2.63. The van der Waals surface area contributed by atoms with Crippen LogP contribution >= 0.6 is 0 Å². The fourth-order valence-corrected chi connectivity index (χ4v) is 13.2. The van der Waals surface area contributed by atoms with Crippen LogP contribution in [0.4, 0.5) is 51.2 Å². The van der Waals surface area contributed by atoms with Crippen molar-refractivity contribution in [3.63, 3.8) is 0 Å². The Morgan fingerprint density at radius 1 is 0.386 bits per heavy atom. The van der Waals surface area contributed by atoms with Crippen molar-refractivity contribution in [1.82, 2.24) is 4.57 Å². The smallest absolute Gasteiger partial charge is 0.273 e. The van der Waals surface area contributed by atoms with Gasteiger partial charge in [0.25, 0.3) is 6.71 Å². The Morgan fingerprint density at radius 2 is 0.864 bits per heavy atom. The van der Waals surface area contributed by atoms with Crippen LogP contribution in [0.15, 0.2) is 267 Å². The van der Waals surface area contributed by atoms with Crippen LogP contribution in [-0.2, 0) is 21.7 Å². The average molecular weight is 1150 g/mol. The standard InChI is InChI=1S/C83H77BN4/c1-80(2,3)59-43-47-71(67(50-59)56-30-18-12-19-31-56)87-74-53-62(83(10,11)58-34-22-14-23-35-58)42-46-70(74)84-77-75(87)54-66(85(63-36-24-15-25-37-63)64-38-26-16-27-39-64)55-76(77)88(72-48-44-60(81(4,5)6)51-68(72)57-32-20-13-21-33-57)78-69-52-61(82(7,8)9)45-49-73(69)86(79(78)84)65-40-28-17-29-41-65/h12-55H,1-11H3/i17D,28D,29D,40D,41D,45D,49D,52D. The molecule has 0 bridgehead atoms. The van der Waals surface area contributed by atoms with Gasteiger partial charge in [-0.15, -0.1) is 0 Å². The zero-order valence-corrected chi connectivity index (χ0v) is 52.2. The van der Waals surface area contributed by atoms with Crippen LogP contribution in [0.3, 0.4) is 0 Å². The molecule has 11 aromatic carbocycles. The predicted octanol–water partition coefficient (Wildman–Crippen LogP) is 20.7. The lowest BCUT2D eigenvalue weighted by molar-refractivity contribution is 0.590. The molecular weight excluding hydrogens is 1060 g/mol. The van der Waals surface area contributed by atoms with E-state index in [0.29, 0.717) is 22.2 Å². The van der Waals surface area contributed by atoms with Crippen LogP contribution in [0.5, 0.6) is 0 Å². The molecule has 88 heavy (non-hydrogen) atoms. The maximum Gasteiger partial charge on any atom is 0.273 e. The molecule has 2 aliphatic rings. The second-order valence-corrected chi connectivity index (χ2v) is 27.2. The van der Waals surface area contributed by atoms with E-state index in [2.05, 4.69) is 246 Å². The molecule has 12 aromatic rings. The molecule has 0 amide bonds. The van der Waals surface area contributed by atoms with E-state index in [1.807, 2.05) is 63.2 Å². The average Bonchev–Trinajstić information content (AvgIpc) is 1.34. The molecule has 432 valence electrons. The summed E-state index contributed by atoms with van der Waals surface area (Å²) in [6.07, 6.45) is 0. The van der Waals surface area contributed by atoms with Gasteiger partial charge in [0.05, 0.1) is 39.2 Å². The molecule has 1 aromatic heterocycles. The first-order chi connectivity index (χ1) is 45.7. The van der Waals surface area contributed by atoms with Crippen LogP contribution in [0.1, 0.15) is 115 Å². The van der Waals surface area contributed by atoms with Crippen LogP contribution in [0.25, 0.3) is 38.8 Å². The van der Waals surface area contributed by atoms with E-state index in [1.165, 1.54) is 0 Å². The highest BCUT2D eigenvalue weighted by Gasteiger charge is 2.49. The third-order valence-corrected chi connectivity index (χ3v) is 18.0. The van der Waals surface area contributed by atoms with Crippen LogP contribution < -0.4 is 31.2 Å². The van der Waals surface area contributed by atoms with Gasteiger partial charge in [-0.3, -0.25) is 0 Å². The minimum atomic E-state index is -0.850. The molecule has 5 heteroatoms. The topological polar surface area (TPSA) is 14.7 Å². The Hall–Kier alpha value is -9.58. The molecule has 0 radical (unpaired) electrons. The number of aromatic nitrogens is 1. The van der Waals surface area contributed by atoms with Gasteiger partial charge in [-0.1, -0.05) is 252 Å². The van der Waals surface area contributed by atoms with Crippen molar-refractivity contribution in [2.24, 2.45) is 0 Å². The number of hydrogen-bond acceptors (Lipinski definition) is 3. The molecule has 4 nitrogen and oxygen atoms in total. The van der Waals surface area contributed by atoms with E-state index >= 15 is 0 Å². The first-order valence-corrected chi connectivity index (χ1v) is 30.7. The lowest BCUT2D eigenvalue weighted by atomic mass is 9.34. The van der Waals surface area contributed by atoms with Gasteiger partial charge >= 0.3 is 0 Å². The van der Waals surface area contributed by atoms with Gasteiger partial charge in [0.15, 0.2) is 0 Å². The Bertz CT molecular complexity index is 5010. The highest BCUT2D eigenvalue weighted by atomic mass is 15.2. The third-order valence-electron chi connectivity index (χ3n) is 18.0. The molecular formula is C83H77BN4. The summed E-state index contributed by atoms with van der Waals surface area (Å²) in [6, 6.07) is 74.1. The summed E-state index contributed by atoms with van der Waals surface area (Å²) >= 11 is 0. The summed E-state index contributed by atoms with van der Waals surface area (Å²) in [6.45, 7) is 22.9.